The van der Waals surface area contributed by atoms with E-state index >= 15 is 0 Å². The molecule has 0 unspecified atom stereocenters. The lowest BCUT2D eigenvalue weighted by molar-refractivity contribution is -0.129. The van der Waals surface area contributed by atoms with Crippen LogP contribution in [0.3, 0.4) is 0 Å². The second-order valence-corrected chi connectivity index (χ2v) is 6.46. The van der Waals surface area contributed by atoms with Gasteiger partial charge in [-0.05, 0) is 30.7 Å². The summed E-state index contributed by atoms with van der Waals surface area (Å²) < 4.78 is 0. The molecule has 0 spiro atoms. The van der Waals surface area contributed by atoms with Crippen LogP contribution in [0.2, 0.25) is 0 Å². The SMILES string of the molecule is O=C(O)c1ccc(N2C(=O)[C@@H]3[C@H]4C[C@H]([C@@H](O)[C@@H]4O)[C@@H]3C2=O)cc1. The number of hydrogen-bond acceptors (Lipinski definition) is 5. The van der Waals surface area contributed by atoms with E-state index in [0.29, 0.717) is 12.1 Å². The molecule has 1 aromatic carbocycles. The number of imide groups is 1. The Morgan fingerprint density at radius 1 is 0.957 bits per heavy atom. The largest absolute Gasteiger partial charge is 0.478 e. The fourth-order valence-corrected chi connectivity index (χ4v) is 4.44. The zero-order chi connectivity index (χ0) is 16.5. The zero-order valence-electron chi connectivity index (χ0n) is 12.0. The number of aliphatic hydroxyl groups excluding tert-OH is 2. The number of rotatable bonds is 2. The van der Waals surface area contributed by atoms with Crippen molar-refractivity contribution >= 4 is 23.5 Å². The average molecular weight is 317 g/mol. The molecular weight excluding hydrogens is 302 g/mol. The molecule has 2 aliphatic carbocycles. The molecule has 2 amide bonds. The highest BCUT2D eigenvalue weighted by molar-refractivity contribution is 6.22. The maximum absolute atomic E-state index is 12.7. The molecule has 120 valence electrons. The number of aromatic carboxylic acids is 1. The molecule has 1 aliphatic heterocycles. The number of carbonyl (C=O) groups excluding carboxylic acids is 2. The molecule has 2 saturated carbocycles. The first-order valence-corrected chi connectivity index (χ1v) is 7.49. The predicted molar refractivity (Wildman–Crippen MR) is 76.5 cm³/mol. The van der Waals surface area contributed by atoms with Crippen molar-refractivity contribution in [2.75, 3.05) is 4.90 Å². The summed E-state index contributed by atoms with van der Waals surface area (Å²) in [4.78, 5) is 37.3. The fourth-order valence-electron chi connectivity index (χ4n) is 4.44. The van der Waals surface area contributed by atoms with Crippen molar-refractivity contribution in [2.24, 2.45) is 23.7 Å². The Morgan fingerprint density at radius 2 is 1.43 bits per heavy atom. The number of carbonyl (C=O) groups is 3. The minimum atomic E-state index is -1.09. The number of benzene rings is 1. The van der Waals surface area contributed by atoms with Gasteiger partial charge in [-0.15, -0.1) is 0 Å². The van der Waals surface area contributed by atoms with Crippen LogP contribution in [0.15, 0.2) is 24.3 Å². The van der Waals surface area contributed by atoms with E-state index in [0.717, 1.165) is 4.90 Å². The van der Waals surface area contributed by atoms with Gasteiger partial charge in [0, 0.05) is 11.8 Å². The summed E-state index contributed by atoms with van der Waals surface area (Å²) in [5, 5.41) is 28.9. The standard InChI is InChI=1S/C16H15NO6/c18-12-8-5-9(13(12)19)11-10(8)14(20)17(15(11)21)7-3-1-6(2-4-7)16(22)23/h1-4,8-13,18-19H,5H2,(H,22,23)/t8-,9+,10-,11+,12-,13-/m1/s1. The molecule has 1 saturated heterocycles. The molecule has 7 heteroatoms. The molecular formula is C16H15NO6. The van der Waals surface area contributed by atoms with Gasteiger partial charge in [-0.2, -0.15) is 0 Å². The average Bonchev–Trinajstić information content (AvgIpc) is 3.12. The molecule has 23 heavy (non-hydrogen) atoms. The van der Waals surface area contributed by atoms with E-state index in [2.05, 4.69) is 0 Å². The summed E-state index contributed by atoms with van der Waals surface area (Å²) >= 11 is 0. The van der Waals surface area contributed by atoms with E-state index in [9.17, 15) is 24.6 Å². The van der Waals surface area contributed by atoms with Gasteiger partial charge >= 0.3 is 5.97 Å². The molecule has 4 rings (SSSR count). The Balaban J connectivity index is 1.68. The number of carboxylic acids is 1. The predicted octanol–water partition coefficient (Wildman–Crippen LogP) is -0.138. The number of anilines is 1. The Labute approximate surface area is 131 Å². The van der Waals surface area contributed by atoms with E-state index in [1.165, 1.54) is 24.3 Å². The molecule has 7 nitrogen and oxygen atoms in total. The molecule has 0 aromatic heterocycles. The second-order valence-electron chi connectivity index (χ2n) is 6.46. The first kappa shape index (κ1) is 14.3. The number of fused-ring (bicyclic) bond motifs is 5. The molecule has 1 heterocycles. The molecule has 2 bridgehead atoms. The van der Waals surface area contributed by atoms with E-state index in [1.807, 2.05) is 0 Å². The first-order chi connectivity index (χ1) is 10.9. The molecule has 0 radical (unpaired) electrons. The summed E-state index contributed by atoms with van der Waals surface area (Å²) in [6, 6.07) is 5.53. The van der Waals surface area contributed by atoms with Crippen LogP contribution in [0.5, 0.6) is 0 Å². The number of carboxylic acid groups (broad SMARTS) is 1. The lowest BCUT2D eigenvalue weighted by Crippen LogP contribution is -2.43. The Bertz CT molecular complexity index is 682. The normalized spacial score (nSPS) is 38.3. The third kappa shape index (κ3) is 1.74. The molecule has 3 fully saturated rings. The van der Waals surface area contributed by atoms with Crippen molar-refractivity contribution in [1.82, 2.24) is 0 Å². The van der Waals surface area contributed by atoms with Crippen LogP contribution >= 0.6 is 0 Å². The molecule has 6 atom stereocenters. The third-order valence-corrected chi connectivity index (χ3v) is 5.46. The topological polar surface area (TPSA) is 115 Å². The monoisotopic (exact) mass is 317 g/mol. The highest BCUT2D eigenvalue weighted by atomic mass is 16.4. The van der Waals surface area contributed by atoms with Crippen molar-refractivity contribution in [1.29, 1.82) is 0 Å². The highest BCUT2D eigenvalue weighted by Gasteiger charge is 2.67. The van der Waals surface area contributed by atoms with Crippen molar-refractivity contribution in [3.8, 4) is 0 Å². The molecule has 1 aromatic rings. The van der Waals surface area contributed by atoms with Crippen LogP contribution in [-0.4, -0.2) is 45.3 Å². The number of aliphatic hydroxyl groups is 2. The van der Waals surface area contributed by atoms with E-state index in [4.69, 9.17) is 5.11 Å². The van der Waals surface area contributed by atoms with Crippen LogP contribution in [0.4, 0.5) is 5.69 Å². The summed E-state index contributed by atoms with van der Waals surface area (Å²) in [5.74, 6) is -3.80. The lowest BCUT2D eigenvalue weighted by atomic mass is 9.78. The van der Waals surface area contributed by atoms with Gasteiger partial charge in [0.25, 0.3) is 0 Å². The first-order valence-electron chi connectivity index (χ1n) is 7.49. The van der Waals surface area contributed by atoms with Gasteiger partial charge in [0.1, 0.15) is 0 Å². The van der Waals surface area contributed by atoms with Crippen LogP contribution in [-0.2, 0) is 9.59 Å². The summed E-state index contributed by atoms with van der Waals surface area (Å²) in [6.45, 7) is 0. The van der Waals surface area contributed by atoms with E-state index < -0.39 is 30.0 Å². The minimum absolute atomic E-state index is 0.0685. The molecule has 3 aliphatic rings. The van der Waals surface area contributed by atoms with Gasteiger partial charge in [-0.3, -0.25) is 14.5 Å². The Morgan fingerprint density at radius 3 is 1.87 bits per heavy atom. The van der Waals surface area contributed by atoms with Crippen molar-refractivity contribution in [3.63, 3.8) is 0 Å². The number of nitrogens with zero attached hydrogens (tertiary/aromatic N) is 1. The van der Waals surface area contributed by atoms with Crippen LogP contribution in [0.1, 0.15) is 16.8 Å². The fraction of sp³-hybridized carbons (Fsp3) is 0.438. The quantitative estimate of drug-likeness (QED) is 0.654. The zero-order valence-corrected chi connectivity index (χ0v) is 12.0. The molecule has 3 N–H and O–H groups in total. The van der Waals surface area contributed by atoms with Gasteiger partial charge in [0.05, 0.1) is 35.3 Å². The van der Waals surface area contributed by atoms with Crippen LogP contribution < -0.4 is 4.90 Å². The van der Waals surface area contributed by atoms with Gasteiger partial charge in [-0.1, -0.05) is 0 Å². The van der Waals surface area contributed by atoms with Crippen molar-refractivity contribution in [2.45, 2.75) is 18.6 Å². The lowest BCUT2D eigenvalue weighted by Gasteiger charge is -2.29. The number of amides is 2. The number of hydrogen-bond donors (Lipinski definition) is 3. The van der Waals surface area contributed by atoms with Crippen LogP contribution in [0, 0.1) is 23.7 Å². The smallest absolute Gasteiger partial charge is 0.335 e. The highest BCUT2D eigenvalue weighted by Crippen LogP contribution is 2.56. The van der Waals surface area contributed by atoms with E-state index in [-0.39, 0.29) is 29.2 Å². The summed E-state index contributed by atoms with van der Waals surface area (Å²) in [7, 11) is 0. The second kappa shape index (κ2) is 4.62. The van der Waals surface area contributed by atoms with Gasteiger partial charge in [0.2, 0.25) is 11.8 Å². The minimum Gasteiger partial charge on any atom is -0.478 e. The maximum atomic E-state index is 12.7. The van der Waals surface area contributed by atoms with Crippen molar-refractivity contribution < 1.29 is 29.7 Å². The van der Waals surface area contributed by atoms with E-state index in [1.54, 1.807) is 0 Å². The maximum Gasteiger partial charge on any atom is 0.335 e. The summed E-state index contributed by atoms with van der Waals surface area (Å²) in [6.07, 6.45) is -1.44. The van der Waals surface area contributed by atoms with Gasteiger partial charge in [0.15, 0.2) is 0 Å². The third-order valence-electron chi connectivity index (χ3n) is 5.46. The van der Waals surface area contributed by atoms with Crippen LogP contribution in [0.25, 0.3) is 0 Å². The van der Waals surface area contributed by atoms with Gasteiger partial charge < -0.3 is 15.3 Å². The van der Waals surface area contributed by atoms with Gasteiger partial charge in [-0.25, -0.2) is 4.79 Å². The Kier molecular flexibility index (Phi) is 2.88. The van der Waals surface area contributed by atoms with Crippen molar-refractivity contribution in [3.05, 3.63) is 29.8 Å². The Hall–Kier alpha value is -2.25. The summed E-state index contributed by atoms with van der Waals surface area (Å²) in [5.41, 5.74) is 0.390.